The van der Waals surface area contributed by atoms with Gasteiger partial charge in [-0.3, -0.25) is 4.79 Å². The summed E-state index contributed by atoms with van der Waals surface area (Å²) < 4.78 is 10.7. The molecule has 2 unspecified atom stereocenters. The molecular formula is C16H23NO3. The van der Waals surface area contributed by atoms with Gasteiger partial charge in [-0.25, -0.2) is 0 Å². The maximum Gasteiger partial charge on any atom is 0.323 e. The third kappa shape index (κ3) is 4.62. The van der Waals surface area contributed by atoms with E-state index in [-0.39, 0.29) is 18.1 Å². The summed E-state index contributed by atoms with van der Waals surface area (Å²) in [6.45, 7) is 3.77. The van der Waals surface area contributed by atoms with Crippen LogP contribution >= 0.6 is 0 Å². The zero-order chi connectivity index (χ0) is 14.2. The molecule has 1 aromatic carbocycles. The lowest BCUT2D eigenvalue weighted by Crippen LogP contribution is -2.43. The van der Waals surface area contributed by atoms with Gasteiger partial charge in [-0.1, -0.05) is 30.3 Å². The normalized spacial score (nSPS) is 19.8. The highest BCUT2D eigenvalue weighted by Gasteiger charge is 2.23. The molecule has 1 aromatic rings. The van der Waals surface area contributed by atoms with E-state index >= 15 is 0 Å². The second-order valence-corrected chi connectivity index (χ2v) is 5.04. The van der Waals surface area contributed by atoms with Crippen LogP contribution in [0.5, 0.6) is 0 Å². The van der Waals surface area contributed by atoms with Crippen molar-refractivity contribution in [3.05, 3.63) is 35.9 Å². The van der Waals surface area contributed by atoms with Gasteiger partial charge in [0.2, 0.25) is 0 Å². The van der Waals surface area contributed by atoms with Crippen molar-refractivity contribution >= 4 is 5.97 Å². The molecule has 2 rings (SSSR count). The van der Waals surface area contributed by atoms with E-state index in [0.717, 1.165) is 25.0 Å². The van der Waals surface area contributed by atoms with E-state index in [9.17, 15) is 4.79 Å². The quantitative estimate of drug-likeness (QED) is 0.774. The van der Waals surface area contributed by atoms with E-state index in [1.165, 1.54) is 0 Å². The van der Waals surface area contributed by atoms with E-state index in [0.29, 0.717) is 19.6 Å². The molecule has 1 saturated heterocycles. The average molecular weight is 277 g/mol. The van der Waals surface area contributed by atoms with Crippen molar-refractivity contribution in [1.29, 1.82) is 0 Å². The first-order chi connectivity index (χ1) is 9.79. The third-order valence-corrected chi connectivity index (χ3v) is 3.47. The molecule has 1 fully saturated rings. The van der Waals surface area contributed by atoms with Gasteiger partial charge in [-0.15, -0.1) is 0 Å². The van der Waals surface area contributed by atoms with Crippen molar-refractivity contribution in [2.24, 2.45) is 0 Å². The fourth-order valence-electron chi connectivity index (χ4n) is 2.41. The van der Waals surface area contributed by atoms with E-state index in [2.05, 4.69) is 5.32 Å². The van der Waals surface area contributed by atoms with E-state index in [1.54, 1.807) is 0 Å². The van der Waals surface area contributed by atoms with E-state index in [1.807, 2.05) is 37.3 Å². The van der Waals surface area contributed by atoms with Gasteiger partial charge in [0.15, 0.2) is 0 Å². The van der Waals surface area contributed by atoms with Crippen molar-refractivity contribution in [2.45, 2.75) is 38.3 Å². The third-order valence-electron chi connectivity index (χ3n) is 3.47. The predicted molar refractivity (Wildman–Crippen MR) is 77.5 cm³/mol. The first kappa shape index (κ1) is 15.0. The summed E-state index contributed by atoms with van der Waals surface area (Å²) >= 11 is 0. The first-order valence-electron chi connectivity index (χ1n) is 7.35. The highest BCUT2D eigenvalue weighted by molar-refractivity contribution is 5.76. The fourth-order valence-corrected chi connectivity index (χ4v) is 2.41. The maximum atomic E-state index is 12.0. The lowest BCUT2D eigenvalue weighted by molar-refractivity contribution is -0.145. The molecule has 0 bridgehead atoms. The van der Waals surface area contributed by atoms with Crippen LogP contribution < -0.4 is 5.32 Å². The minimum absolute atomic E-state index is 0.186. The lowest BCUT2D eigenvalue weighted by atomic mass is 10.1. The Labute approximate surface area is 120 Å². The summed E-state index contributed by atoms with van der Waals surface area (Å²) in [6.07, 6.45) is 3.04. The SMILES string of the molecule is CCOC(=O)C(Cc1ccccc1)NCC1CCCO1. The Morgan fingerprint density at radius 2 is 2.25 bits per heavy atom. The monoisotopic (exact) mass is 277 g/mol. The van der Waals surface area contributed by atoms with E-state index < -0.39 is 0 Å². The number of hydrogen-bond acceptors (Lipinski definition) is 4. The molecule has 2 atom stereocenters. The van der Waals surface area contributed by atoms with Gasteiger partial charge in [-0.05, 0) is 31.7 Å². The Morgan fingerprint density at radius 1 is 1.45 bits per heavy atom. The van der Waals surface area contributed by atoms with Crippen LogP contribution in [0.1, 0.15) is 25.3 Å². The van der Waals surface area contributed by atoms with Crippen LogP contribution in [0.15, 0.2) is 30.3 Å². The Balaban J connectivity index is 1.91. The van der Waals surface area contributed by atoms with Gasteiger partial charge in [0.1, 0.15) is 6.04 Å². The van der Waals surface area contributed by atoms with Crippen molar-refractivity contribution in [1.82, 2.24) is 5.32 Å². The van der Waals surface area contributed by atoms with Crippen LogP contribution in [0, 0.1) is 0 Å². The average Bonchev–Trinajstić information content (AvgIpc) is 2.98. The molecule has 0 aromatic heterocycles. The smallest absolute Gasteiger partial charge is 0.323 e. The van der Waals surface area contributed by atoms with E-state index in [4.69, 9.17) is 9.47 Å². The maximum absolute atomic E-state index is 12.0. The minimum Gasteiger partial charge on any atom is -0.465 e. The second kappa shape index (κ2) is 8.02. The predicted octanol–water partition coefficient (Wildman–Crippen LogP) is 1.93. The lowest BCUT2D eigenvalue weighted by Gasteiger charge is -2.19. The number of ether oxygens (including phenoxy) is 2. The topological polar surface area (TPSA) is 47.6 Å². The number of hydrogen-bond donors (Lipinski definition) is 1. The minimum atomic E-state index is -0.304. The van der Waals surface area contributed by atoms with Gasteiger partial charge >= 0.3 is 5.97 Å². The first-order valence-corrected chi connectivity index (χ1v) is 7.35. The van der Waals surface area contributed by atoms with Crippen molar-refractivity contribution < 1.29 is 14.3 Å². The van der Waals surface area contributed by atoms with Gasteiger partial charge in [0.05, 0.1) is 12.7 Å². The van der Waals surface area contributed by atoms with Crippen LogP contribution in [-0.4, -0.2) is 37.9 Å². The van der Waals surface area contributed by atoms with Crippen LogP contribution in [0.2, 0.25) is 0 Å². The zero-order valence-corrected chi connectivity index (χ0v) is 12.0. The highest BCUT2D eigenvalue weighted by atomic mass is 16.5. The molecule has 1 N–H and O–H groups in total. The molecular weight excluding hydrogens is 254 g/mol. The fraction of sp³-hybridized carbons (Fsp3) is 0.562. The Hall–Kier alpha value is -1.39. The molecule has 1 heterocycles. The van der Waals surface area contributed by atoms with Gasteiger partial charge in [-0.2, -0.15) is 0 Å². The molecule has 0 amide bonds. The molecule has 4 heteroatoms. The van der Waals surface area contributed by atoms with Gasteiger partial charge < -0.3 is 14.8 Å². The summed E-state index contributed by atoms with van der Waals surface area (Å²) in [5, 5.41) is 3.30. The summed E-state index contributed by atoms with van der Waals surface area (Å²) in [6, 6.07) is 9.69. The van der Waals surface area contributed by atoms with Crippen LogP contribution in [0.4, 0.5) is 0 Å². The molecule has 0 spiro atoms. The summed E-state index contributed by atoms with van der Waals surface area (Å²) in [7, 11) is 0. The number of benzene rings is 1. The number of carbonyl (C=O) groups is 1. The highest BCUT2D eigenvalue weighted by Crippen LogP contribution is 2.12. The van der Waals surface area contributed by atoms with Crippen molar-refractivity contribution in [3.8, 4) is 0 Å². The Kier molecular flexibility index (Phi) is 6.02. The standard InChI is InChI=1S/C16H23NO3/c1-2-19-16(18)15(11-13-7-4-3-5-8-13)17-12-14-9-6-10-20-14/h3-5,7-8,14-15,17H,2,6,9-12H2,1H3. The molecule has 0 aliphatic carbocycles. The number of carbonyl (C=O) groups excluding carboxylic acids is 1. The summed E-state index contributed by atoms with van der Waals surface area (Å²) in [5.74, 6) is -0.186. The van der Waals surface area contributed by atoms with Gasteiger partial charge in [0, 0.05) is 13.2 Å². The molecule has 20 heavy (non-hydrogen) atoms. The molecule has 1 aliphatic heterocycles. The van der Waals surface area contributed by atoms with Crippen molar-refractivity contribution in [2.75, 3.05) is 19.8 Å². The van der Waals surface area contributed by atoms with Crippen molar-refractivity contribution in [3.63, 3.8) is 0 Å². The van der Waals surface area contributed by atoms with Crippen LogP contribution in [0.3, 0.4) is 0 Å². The van der Waals surface area contributed by atoms with Gasteiger partial charge in [0.25, 0.3) is 0 Å². The summed E-state index contributed by atoms with van der Waals surface area (Å²) in [5.41, 5.74) is 1.13. The Morgan fingerprint density at radius 3 is 2.90 bits per heavy atom. The molecule has 0 radical (unpaired) electrons. The molecule has 4 nitrogen and oxygen atoms in total. The number of esters is 1. The number of nitrogens with one attached hydrogen (secondary N) is 1. The number of rotatable bonds is 7. The molecule has 1 aliphatic rings. The van der Waals surface area contributed by atoms with Crippen LogP contribution in [0.25, 0.3) is 0 Å². The largest absolute Gasteiger partial charge is 0.465 e. The zero-order valence-electron chi connectivity index (χ0n) is 12.0. The molecule has 110 valence electrons. The Bertz CT molecular complexity index is 401. The van der Waals surface area contributed by atoms with Crippen LogP contribution in [-0.2, 0) is 20.7 Å². The molecule has 0 saturated carbocycles. The summed E-state index contributed by atoms with van der Waals surface area (Å²) in [4.78, 5) is 12.0. The second-order valence-electron chi connectivity index (χ2n) is 5.04.